The van der Waals surface area contributed by atoms with Crippen LogP contribution < -0.4 is 0 Å². The minimum absolute atomic E-state index is 0.893. The highest BCUT2D eigenvalue weighted by Crippen LogP contribution is 2.40. The monoisotopic (exact) mass is 192 g/mol. The zero-order chi connectivity index (χ0) is 7.28. The summed E-state index contributed by atoms with van der Waals surface area (Å²) in [5.74, 6) is 0. The number of rotatable bonds is 4. The Labute approximate surface area is 65.2 Å². The van der Waals surface area contributed by atoms with Crippen LogP contribution in [0.4, 0.5) is 0 Å². The fourth-order valence-electron chi connectivity index (χ4n) is 0.226. The zero-order valence-corrected chi connectivity index (χ0v) is 7.41. The summed E-state index contributed by atoms with van der Waals surface area (Å²) in [5, 5.41) is -0.893. The Kier molecular flexibility index (Phi) is 6.22. The maximum atomic E-state index is 5.23. The van der Waals surface area contributed by atoms with Crippen LogP contribution in [-0.4, -0.2) is 19.2 Å². The highest BCUT2D eigenvalue weighted by atomic mass is 35.5. The lowest BCUT2D eigenvalue weighted by Crippen LogP contribution is -1.93. The van der Waals surface area contributed by atoms with Gasteiger partial charge in [0.05, 0.1) is 0 Å². The zero-order valence-electron chi connectivity index (χ0n) is 5.01. The predicted molar refractivity (Wildman–Crippen MR) is 37.5 cm³/mol. The second-order valence-electron chi connectivity index (χ2n) is 0.955. The van der Waals surface area contributed by atoms with E-state index in [1.807, 2.05) is 0 Å². The van der Waals surface area contributed by atoms with Crippen molar-refractivity contribution in [1.82, 2.24) is 0 Å². The largest absolute Gasteiger partial charge is 0.334 e. The summed E-state index contributed by atoms with van der Waals surface area (Å²) in [6.45, 7) is 0. The molecule has 0 atom stereocenters. The quantitative estimate of drug-likeness (QED) is 0.506. The average molecular weight is 193 g/mol. The van der Waals surface area contributed by atoms with Crippen LogP contribution in [0.3, 0.4) is 0 Å². The first-order chi connectivity index (χ1) is 4.20. The number of hydrogen-bond donors (Lipinski definition) is 0. The van der Waals surface area contributed by atoms with Gasteiger partial charge in [-0.05, 0) is 0 Å². The third-order valence-corrected chi connectivity index (χ3v) is 1.87. The van der Waals surface area contributed by atoms with Gasteiger partial charge in [-0.1, -0.05) is 23.2 Å². The van der Waals surface area contributed by atoms with E-state index < -0.39 is 13.6 Å². The molecule has 0 aromatic carbocycles. The van der Waals surface area contributed by atoms with Gasteiger partial charge in [0, 0.05) is 14.2 Å². The summed E-state index contributed by atoms with van der Waals surface area (Å²) in [4.78, 5) is 0. The van der Waals surface area contributed by atoms with Gasteiger partial charge < -0.3 is 9.05 Å². The van der Waals surface area contributed by atoms with Crippen molar-refractivity contribution in [3.05, 3.63) is 0 Å². The molecule has 0 heterocycles. The van der Waals surface area contributed by atoms with E-state index in [1.165, 1.54) is 14.2 Å². The molecule has 0 spiro atoms. The van der Waals surface area contributed by atoms with Crippen molar-refractivity contribution >= 4 is 31.8 Å². The Hall–Kier alpha value is 0.890. The molecule has 0 bridgehead atoms. The Morgan fingerprint density at radius 2 is 1.67 bits per heavy atom. The minimum Gasteiger partial charge on any atom is -0.316 e. The van der Waals surface area contributed by atoms with Crippen LogP contribution in [0.25, 0.3) is 0 Å². The van der Waals surface area contributed by atoms with Crippen LogP contribution in [0.1, 0.15) is 0 Å². The van der Waals surface area contributed by atoms with Crippen LogP contribution in [0.2, 0.25) is 0 Å². The third-order valence-electron chi connectivity index (χ3n) is 0.464. The van der Waals surface area contributed by atoms with E-state index in [9.17, 15) is 0 Å². The van der Waals surface area contributed by atoms with E-state index in [4.69, 9.17) is 27.7 Å². The Balaban J connectivity index is 3.31. The molecule has 0 radical (unpaired) electrons. The van der Waals surface area contributed by atoms with Crippen molar-refractivity contribution in [3.8, 4) is 0 Å². The first kappa shape index (κ1) is 9.89. The van der Waals surface area contributed by atoms with Gasteiger partial charge >= 0.3 is 8.60 Å². The fourth-order valence-corrected chi connectivity index (χ4v) is 1.07. The van der Waals surface area contributed by atoms with Gasteiger partial charge in [0.2, 0.25) is 5.02 Å². The van der Waals surface area contributed by atoms with Crippen LogP contribution >= 0.6 is 31.8 Å². The summed E-state index contributed by atoms with van der Waals surface area (Å²) in [7, 11) is 1.54. The SMILES string of the molecule is COP(OC)OC(Cl)Cl. The Morgan fingerprint density at radius 3 is 1.78 bits per heavy atom. The maximum Gasteiger partial charge on any atom is 0.334 e. The Morgan fingerprint density at radius 1 is 1.22 bits per heavy atom. The number of halogens is 2. The highest BCUT2D eigenvalue weighted by molar-refractivity contribution is 7.41. The van der Waals surface area contributed by atoms with Gasteiger partial charge in [0.25, 0.3) is 0 Å². The summed E-state index contributed by atoms with van der Waals surface area (Å²) < 4.78 is 14.0. The first-order valence-corrected chi connectivity index (χ1v) is 4.00. The third kappa shape index (κ3) is 5.34. The molecular weight excluding hydrogens is 186 g/mol. The molecule has 0 unspecified atom stereocenters. The molecule has 0 aliphatic heterocycles. The topological polar surface area (TPSA) is 27.7 Å². The molecule has 6 heteroatoms. The van der Waals surface area contributed by atoms with E-state index in [1.54, 1.807) is 0 Å². The summed E-state index contributed by atoms with van der Waals surface area (Å²) in [6.07, 6.45) is 0. The van der Waals surface area contributed by atoms with Gasteiger partial charge in [-0.15, -0.1) is 0 Å². The van der Waals surface area contributed by atoms with Gasteiger partial charge in [-0.2, -0.15) is 0 Å². The van der Waals surface area contributed by atoms with E-state index >= 15 is 0 Å². The molecule has 0 aromatic heterocycles. The molecule has 0 aromatic rings. The molecule has 0 fully saturated rings. The highest BCUT2D eigenvalue weighted by Gasteiger charge is 2.11. The molecule has 0 aliphatic carbocycles. The number of alkyl halides is 2. The molecule has 56 valence electrons. The van der Waals surface area contributed by atoms with E-state index in [-0.39, 0.29) is 0 Å². The fraction of sp³-hybridized carbons (Fsp3) is 1.00. The number of hydrogen-bond acceptors (Lipinski definition) is 3. The minimum atomic E-state index is -1.36. The molecular formula is C3H7Cl2O3P. The molecule has 0 aliphatic rings. The molecule has 0 N–H and O–H groups in total. The standard InChI is InChI=1S/C3H7Cl2O3P/c1-6-9(7-2)8-3(4)5/h3H,1-2H3. The summed E-state index contributed by atoms with van der Waals surface area (Å²) in [6, 6.07) is 0. The van der Waals surface area contributed by atoms with Crippen molar-refractivity contribution in [2.75, 3.05) is 14.2 Å². The van der Waals surface area contributed by atoms with Crippen molar-refractivity contribution in [2.45, 2.75) is 5.02 Å². The van der Waals surface area contributed by atoms with Gasteiger partial charge in [-0.25, -0.2) is 0 Å². The lowest BCUT2D eigenvalue weighted by atomic mass is 11.7. The molecule has 9 heavy (non-hydrogen) atoms. The lowest BCUT2D eigenvalue weighted by Gasteiger charge is -2.10. The van der Waals surface area contributed by atoms with Gasteiger partial charge in [0.1, 0.15) is 0 Å². The predicted octanol–water partition coefficient (Wildman–Crippen LogP) is 2.28. The molecule has 0 saturated heterocycles. The molecule has 0 saturated carbocycles. The first-order valence-electron chi connectivity index (χ1n) is 2.04. The van der Waals surface area contributed by atoms with Crippen molar-refractivity contribution in [3.63, 3.8) is 0 Å². The second kappa shape index (κ2) is 5.66. The maximum absolute atomic E-state index is 5.23. The smallest absolute Gasteiger partial charge is 0.316 e. The van der Waals surface area contributed by atoms with Crippen molar-refractivity contribution in [1.29, 1.82) is 0 Å². The lowest BCUT2D eigenvalue weighted by molar-refractivity contribution is 0.219. The van der Waals surface area contributed by atoms with Crippen molar-refractivity contribution in [2.24, 2.45) is 0 Å². The summed E-state index contributed by atoms with van der Waals surface area (Å²) in [5.41, 5.74) is 0. The van der Waals surface area contributed by atoms with Crippen LogP contribution in [0.5, 0.6) is 0 Å². The Bertz CT molecular complexity index is 68.1. The normalized spacial score (nSPS) is 11.3. The van der Waals surface area contributed by atoms with Gasteiger partial charge in [0.15, 0.2) is 0 Å². The van der Waals surface area contributed by atoms with Crippen LogP contribution in [0.15, 0.2) is 0 Å². The average Bonchev–Trinajstić information content (AvgIpc) is 1.82. The van der Waals surface area contributed by atoms with E-state index in [2.05, 4.69) is 9.05 Å². The molecule has 3 nitrogen and oxygen atoms in total. The van der Waals surface area contributed by atoms with E-state index in [0.717, 1.165) is 0 Å². The van der Waals surface area contributed by atoms with Crippen LogP contribution in [0, 0.1) is 0 Å². The van der Waals surface area contributed by atoms with Crippen molar-refractivity contribution < 1.29 is 13.6 Å². The van der Waals surface area contributed by atoms with Gasteiger partial charge in [-0.3, -0.25) is 4.52 Å². The van der Waals surface area contributed by atoms with E-state index in [0.29, 0.717) is 0 Å². The molecule has 0 rings (SSSR count). The molecule has 0 amide bonds. The van der Waals surface area contributed by atoms with Crippen LogP contribution in [-0.2, 0) is 13.6 Å². The summed E-state index contributed by atoms with van der Waals surface area (Å²) >= 11 is 10.5. The second-order valence-corrected chi connectivity index (χ2v) is 3.36.